The largest absolute Gasteiger partial charge is 0.360 e. The number of carbonyl (C=O) groups is 1. The normalized spacial score (nSPS) is 16.1. The molecule has 110 valence electrons. The summed E-state index contributed by atoms with van der Waals surface area (Å²) in [6.45, 7) is 4.98. The van der Waals surface area contributed by atoms with Gasteiger partial charge in [0, 0.05) is 25.1 Å². The highest BCUT2D eigenvalue weighted by molar-refractivity contribution is 5.96. The molecule has 21 heavy (non-hydrogen) atoms. The van der Waals surface area contributed by atoms with Gasteiger partial charge in [0.1, 0.15) is 5.56 Å². The number of nitrogens with zero attached hydrogens (tertiary/aromatic N) is 1. The van der Waals surface area contributed by atoms with Crippen LogP contribution in [0.3, 0.4) is 0 Å². The first-order valence-electron chi connectivity index (χ1n) is 7.27. The molecule has 1 saturated carbocycles. The Morgan fingerprint density at radius 3 is 2.90 bits per heavy atom. The van der Waals surface area contributed by atoms with Crippen LogP contribution in [0.15, 0.2) is 29.5 Å². The van der Waals surface area contributed by atoms with Gasteiger partial charge in [0.05, 0.1) is 10.9 Å². The highest BCUT2D eigenvalue weighted by Gasteiger charge is 2.45. The molecule has 1 aliphatic rings. The van der Waals surface area contributed by atoms with E-state index in [1.54, 1.807) is 12.3 Å². The van der Waals surface area contributed by atoms with E-state index in [0.29, 0.717) is 23.4 Å². The smallest absolute Gasteiger partial charge is 0.256 e. The molecule has 1 amide bonds. The molecule has 0 saturated heterocycles. The zero-order valence-corrected chi connectivity index (χ0v) is 12.3. The fraction of sp³-hybridized carbons (Fsp3) is 0.438. The van der Waals surface area contributed by atoms with Gasteiger partial charge in [-0.15, -0.1) is 0 Å². The minimum absolute atomic E-state index is 0.148. The number of fused-ring (bicyclic) bond motifs is 1. The lowest BCUT2D eigenvalue weighted by Gasteiger charge is -2.19. The number of hydrogen-bond donors (Lipinski definition) is 2. The van der Waals surface area contributed by atoms with Gasteiger partial charge in [0.2, 0.25) is 5.43 Å². The Morgan fingerprint density at radius 2 is 2.24 bits per heavy atom. The standard InChI is InChI=1S/C16H19N3O2/c1-10(2)16(4-5-16)9-19-15(21)12-8-18-13-3-6-17-7-11(13)14(12)20/h3,6-8,10H,4-5,9H2,1-2H3,(H,18,20)(H,19,21). The van der Waals surface area contributed by atoms with Crippen LogP contribution in [0.25, 0.3) is 10.9 Å². The van der Waals surface area contributed by atoms with Gasteiger partial charge in [0.25, 0.3) is 5.91 Å². The molecular formula is C16H19N3O2. The molecule has 5 nitrogen and oxygen atoms in total. The summed E-state index contributed by atoms with van der Waals surface area (Å²) in [5.74, 6) is 0.228. The maximum Gasteiger partial charge on any atom is 0.256 e. The van der Waals surface area contributed by atoms with Crippen molar-refractivity contribution in [3.63, 3.8) is 0 Å². The molecule has 0 bridgehead atoms. The van der Waals surface area contributed by atoms with Crippen molar-refractivity contribution in [1.82, 2.24) is 15.3 Å². The Bertz CT molecular complexity index is 745. The second-order valence-electron chi connectivity index (χ2n) is 6.15. The second kappa shape index (κ2) is 4.98. The van der Waals surface area contributed by atoms with Crippen LogP contribution >= 0.6 is 0 Å². The maximum atomic E-state index is 12.3. The summed E-state index contributed by atoms with van der Waals surface area (Å²) in [5, 5.41) is 3.35. The van der Waals surface area contributed by atoms with Gasteiger partial charge in [-0.1, -0.05) is 13.8 Å². The number of aromatic amines is 1. The molecule has 2 aromatic rings. The molecule has 1 aliphatic carbocycles. The zero-order chi connectivity index (χ0) is 15.0. The van der Waals surface area contributed by atoms with Crippen molar-refractivity contribution >= 4 is 16.8 Å². The number of H-pyrrole nitrogens is 1. The van der Waals surface area contributed by atoms with Crippen molar-refractivity contribution < 1.29 is 4.79 Å². The van der Waals surface area contributed by atoms with Crippen molar-refractivity contribution in [2.75, 3.05) is 6.54 Å². The number of rotatable bonds is 4. The summed E-state index contributed by atoms with van der Waals surface area (Å²) >= 11 is 0. The highest BCUT2D eigenvalue weighted by Crippen LogP contribution is 2.51. The number of pyridine rings is 2. The molecule has 2 heterocycles. The summed E-state index contributed by atoms with van der Waals surface area (Å²) in [6, 6.07) is 1.72. The van der Waals surface area contributed by atoms with E-state index in [1.165, 1.54) is 12.4 Å². The van der Waals surface area contributed by atoms with E-state index < -0.39 is 0 Å². The maximum absolute atomic E-state index is 12.3. The fourth-order valence-corrected chi connectivity index (χ4v) is 2.70. The third-order valence-electron chi connectivity index (χ3n) is 4.64. The second-order valence-corrected chi connectivity index (χ2v) is 6.15. The lowest BCUT2D eigenvalue weighted by atomic mass is 9.92. The first-order valence-corrected chi connectivity index (χ1v) is 7.27. The zero-order valence-electron chi connectivity index (χ0n) is 12.3. The summed E-state index contributed by atoms with van der Waals surface area (Å²) in [5.41, 5.74) is 0.784. The van der Waals surface area contributed by atoms with Crippen LogP contribution in [0.5, 0.6) is 0 Å². The molecule has 1 fully saturated rings. The summed E-state index contributed by atoms with van der Waals surface area (Å²) in [7, 11) is 0. The number of amides is 1. The predicted octanol–water partition coefficient (Wildman–Crippen LogP) is 2.09. The number of hydrogen-bond acceptors (Lipinski definition) is 3. The molecule has 2 N–H and O–H groups in total. The molecule has 0 aromatic carbocycles. The van der Waals surface area contributed by atoms with Crippen LogP contribution in [-0.2, 0) is 0 Å². The first-order chi connectivity index (χ1) is 10.0. The number of aromatic nitrogens is 2. The SMILES string of the molecule is CC(C)C1(CNC(=O)c2c[nH]c3ccncc3c2=O)CC1. The molecular weight excluding hydrogens is 266 g/mol. The average Bonchev–Trinajstić information content (AvgIpc) is 3.27. The minimum atomic E-state index is -0.311. The molecule has 3 rings (SSSR count). The Labute approximate surface area is 122 Å². The molecule has 0 spiro atoms. The van der Waals surface area contributed by atoms with Crippen molar-refractivity contribution in [2.24, 2.45) is 11.3 Å². The van der Waals surface area contributed by atoms with E-state index in [4.69, 9.17) is 0 Å². The quantitative estimate of drug-likeness (QED) is 0.903. The van der Waals surface area contributed by atoms with Gasteiger partial charge in [-0.05, 0) is 30.2 Å². The minimum Gasteiger partial charge on any atom is -0.360 e. The highest BCUT2D eigenvalue weighted by atomic mass is 16.2. The van der Waals surface area contributed by atoms with Crippen molar-refractivity contribution in [3.05, 3.63) is 40.4 Å². The van der Waals surface area contributed by atoms with Crippen molar-refractivity contribution in [3.8, 4) is 0 Å². The van der Waals surface area contributed by atoms with Crippen LogP contribution in [-0.4, -0.2) is 22.4 Å². The van der Waals surface area contributed by atoms with Crippen molar-refractivity contribution in [2.45, 2.75) is 26.7 Å². The monoisotopic (exact) mass is 285 g/mol. The van der Waals surface area contributed by atoms with E-state index in [2.05, 4.69) is 29.1 Å². The van der Waals surface area contributed by atoms with Crippen LogP contribution in [0.4, 0.5) is 0 Å². The van der Waals surface area contributed by atoms with Gasteiger partial charge in [0.15, 0.2) is 0 Å². The molecule has 2 aromatic heterocycles. The van der Waals surface area contributed by atoms with Gasteiger partial charge < -0.3 is 10.3 Å². The van der Waals surface area contributed by atoms with E-state index in [0.717, 1.165) is 12.8 Å². The lowest BCUT2D eigenvalue weighted by molar-refractivity contribution is 0.0938. The first kappa shape index (κ1) is 13.8. The van der Waals surface area contributed by atoms with Crippen LogP contribution < -0.4 is 10.7 Å². The third-order valence-corrected chi connectivity index (χ3v) is 4.64. The Hall–Kier alpha value is -2.17. The molecule has 0 unspecified atom stereocenters. The summed E-state index contributed by atoms with van der Waals surface area (Å²) in [6.07, 6.45) is 6.86. The van der Waals surface area contributed by atoms with E-state index >= 15 is 0 Å². The lowest BCUT2D eigenvalue weighted by Crippen LogP contribution is -2.35. The molecule has 0 aliphatic heterocycles. The predicted molar refractivity (Wildman–Crippen MR) is 81.2 cm³/mol. The third kappa shape index (κ3) is 2.44. The Balaban J connectivity index is 1.82. The van der Waals surface area contributed by atoms with E-state index in [-0.39, 0.29) is 22.3 Å². The summed E-state index contributed by atoms with van der Waals surface area (Å²) < 4.78 is 0. The topological polar surface area (TPSA) is 74.8 Å². The van der Waals surface area contributed by atoms with E-state index in [1.807, 2.05) is 0 Å². The van der Waals surface area contributed by atoms with Crippen LogP contribution in [0.2, 0.25) is 0 Å². The van der Waals surface area contributed by atoms with Gasteiger partial charge in [-0.25, -0.2) is 0 Å². The van der Waals surface area contributed by atoms with Crippen molar-refractivity contribution in [1.29, 1.82) is 0 Å². The fourth-order valence-electron chi connectivity index (χ4n) is 2.70. The number of carbonyl (C=O) groups excluding carboxylic acids is 1. The Kier molecular flexibility index (Phi) is 3.27. The molecule has 0 atom stereocenters. The molecule has 5 heteroatoms. The van der Waals surface area contributed by atoms with Crippen LogP contribution in [0, 0.1) is 11.3 Å². The van der Waals surface area contributed by atoms with Gasteiger partial charge in [-0.2, -0.15) is 0 Å². The summed E-state index contributed by atoms with van der Waals surface area (Å²) in [4.78, 5) is 31.5. The van der Waals surface area contributed by atoms with Gasteiger partial charge in [-0.3, -0.25) is 14.6 Å². The van der Waals surface area contributed by atoms with Gasteiger partial charge >= 0.3 is 0 Å². The van der Waals surface area contributed by atoms with Crippen LogP contribution in [0.1, 0.15) is 37.0 Å². The Morgan fingerprint density at radius 1 is 1.48 bits per heavy atom. The number of nitrogens with one attached hydrogen (secondary N) is 2. The molecule has 0 radical (unpaired) electrons. The average molecular weight is 285 g/mol. The van der Waals surface area contributed by atoms with E-state index in [9.17, 15) is 9.59 Å².